The Morgan fingerprint density at radius 2 is 1.91 bits per heavy atom. The monoisotopic (exact) mass is 324 g/mol. The van der Waals surface area contributed by atoms with Crippen LogP contribution >= 0.6 is 0 Å². The highest BCUT2D eigenvalue weighted by Crippen LogP contribution is 2.15. The third-order valence-corrected chi connectivity index (χ3v) is 2.93. The van der Waals surface area contributed by atoms with Crippen LogP contribution in [-0.4, -0.2) is 23.5 Å². The standard InChI is InChI=1S/C15H14F2N2O4/c1-8-2-5-13(23-8)12(20)7-18-14(21)15(22)19-9-3-4-10(16)11(17)6-9/h2-6,12,20H,7H2,1H3,(H,18,21)(H,19,22). The van der Waals surface area contributed by atoms with Crippen LogP contribution in [0.25, 0.3) is 0 Å². The van der Waals surface area contributed by atoms with Crippen molar-refractivity contribution in [2.45, 2.75) is 13.0 Å². The first-order valence-corrected chi connectivity index (χ1v) is 6.65. The van der Waals surface area contributed by atoms with Gasteiger partial charge < -0.3 is 20.2 Å². The summed E-state index contributed by atoms with van der Waals surface area (Å²) >= 11 is 0. The van der Waals surface area contributed by atoms with E-state index >= 15 is 0 Å². The van der Waals surface area contributed by atoms with E-state index in [0.29, 0.717) is 5.76 Å². The van der Waals surface area contributed by atoms with Crippen molar-refractivity contribution >= 4 is 17.5 Å². The molecule has 0 bridgehead atoms. The molecular weight excluding hydrogens is 310 g/mol. The van der Waals surface area contributed by atoms with Crippen LogP contribution in [0.4, 0.5) is 14.5 Å². The van der Waals surface area contributed by atoms with Crippen molar-refractivity contribution in [3.8, 4) is 0 Å². The fourth-order valence-corrected chi connectivity index (χ4v) is 1.76. The summed E-state index contributed by atoms with van der Waals surface area (Å²) in [6.07, 6.45) is -1.11. The number of amides is 2. The normalized spacial score (nSPS) is 11.8. The molecule has 0 spiro atoms. The first-order chi connectivity index (χ1) is 10.9. The first kappa shape index (κ1) is 16.6. The van der Waals surface area contributed by atoms with Crippen molar-refractivity contribution in [2.24, 2.45) is 0 Å². The Bertz CT molecular complexity index is 730. The number of hydrogen-bond donors (Lipinski definition) is 3. The SMILES string of the molecule is Cc1ccc(C(O)CNC(=O)C(=O)Nc2ccc(F)c(F)c2)o1. The maximum atomic E-state index is 13.0. The van der Waals surface area contributed by atoms with Crippen molar-refractivity contribution in [1.29, 1.82) is 0 Å². The molecule has 0 aliphatic rings. The zero-order valence-electron chi connectivity index (χ0n) is 12.1. The Labute approximate surface area is 130 Å². The van der Waals surface area contributed by atoms with E-state index in [1.54, 1.807) is 19.1 Å². The van der Waals surface area contributed by atoms with E-state index < -0.39 is 29.6 Å². The summed E-state index contributed by atoms with van der Waals surface area (Å²) < 4.78 is 30.9. The van der Waals surface area contributed by atoms with Gasteiger partial charge in [0.25, 0.3) is 0 Å². The van der Waals surface area contributed by atoms with E-state index in [1.165, 1.54) is 0 Å². The molecule has 0 fully saturated rings. The second kappa shape index (κ2) is 7.01. The third kappa shape index (κ3) is 4.36. The number of benzene rings is 1. The number of rotatable bonds is 4. The molecule has 2 amide bonds. The van der Waals surface area contributed by atoms with Crippen LogP contribution in [0.3, 0.4) is 0 Å². The molecule has 1 aromatic heterocycles. The summed E-state index contributed by atoms with van der Waals surface area (Å²) in [5, 5.41) is 14.1. The van der Waals surface area contributed by atoms with E-state index in [4.69, 9.17) is 4.42 Å². The van der Waals surface area contributed by atoms with Gasteiger partial charge in [0.2, 0.25) is 0 Å². The van der Waals surface area contributed by atoms with Gasteiger partial charge in [-0.05, 0) is 31.2 Å². The maximum Gasteiger partial charge on any atom is 0.313 e. The molecule has 0 saturated carbocycles. The lowest BCUT2D eigenvalue weighted by atomic mass is 10.2. The van der Waals surface area contributed by atoms with E-state index in [2.05, 4.69) is 10.6 Å². The Balaban J connectivity index is 1.87. The van der Waals surface area contributed by atoms with Crippen molar-refractivity contribution in [1.82, 2.24) is 5.32 Å². The predicted molar refractivity (Wildman–Crippen MR) is 76.4 cm³/mol. The number of furan rings is 1. The highest BCUT2D eigenvalue weighted by atomic mass is 19.2. The lowest BCUT2D eigenvalue weighted by molar-refractivity contribution is -0.136. The maximum absolute atomic E-state index is 13.0. The molecule has 1 atom stereocenters. The minimum absolute atomic E-state index is 0.0637. The Morgan fingerprint density at radius 1 is 1.17 bits per heavy atom. The molecule has 23 heavy (non-hydrogen) atoms. The van der Waals surface area contributed by atoms with Gasteiger partial charge in [-0.3, -0.25) is 9.59 Å². The minimum Gasteiger partial charge on any atom is -0.464 e. The number of carbonyl (C=O) groups is 2. The lowest BCUT2D eigenvalue weighted by Gasteiger charge is -2.10. The average Bonchev–Trinajstić information content (AvgIpc) is 2.94. The largest absolute Gasteiger partial charge is 0.464 e. The predicted octanol–water partition coefficient (Wildman–Crippen LogP) is 1.65. The fourth-order valence-electron chi connectivity index (χ4n) is 1.76. The summed E-state index contributed by atoms with van der Waals surface area (Å²) in [5.41, 5.74) is -0.0637. The summed E-state index contributed by atoms with van der Waals surface area (Å²) in [6.45, 7) is 1.46. The molecule has 0 aliphatic carbocycles. The Hall–Kier alpha value is -2.74. The van der Waals surface area contributed by atoms with Gasteiger partial charge in [0.1, 0.15) is 17.6 Å². The van der Waals surface area contributed by atoms with Crippen molar-refractivity contribution < 1.29 is 27.9 Å². The van der Waals surface area contributed by atoms with Crippen LogP contribution in [-0.2, 0) is 9.59 Å². The number of aliphatic hydroxyl groups is 1. The molecule has 3 N–H and O–H groups in total. The number of carbonyl (C=O) groups excluding carboxylic acids is 2. The molecule has 2 aromatic rings. The Morgan fingerprint density at radius 3 is 2.52 bits per heavy atom. The number of aryl methyl sites for hydroxylation is 1. The summed E-state index contributed by atoms with van der Waals surface area (Å²) in [7, 11) is 0. The van der Waals surface area contributed by atoms with Crippen LogP contribution in [0.2, 0.25) is 0 Å². The van der Waals surface area contributed by atoms with Gasteiger partial charge >= 0.3 is 11.8 Å². The van der Waals surface area contributed by atoms with Crippen LogP contribution in [0, 0.1) is 18.6 Å². The fraction of sp³-hybridized carbons (Fsp3) is 0.200. The molecule has 2 rings (SSSR count). The van der Waals surface area contributed by atoms with Crippen LogP contribution in [0.1, 0.15) is 17.6 Å². The molecule has 0 radical (unpaired) electrons. The zero-order chi connectivity index (χ0) is 17.0. The molecule has 1 heterocycles. The van der Waals surface area contributed by atoms with Gasteiger partial charge in [0.05, 0.1) is 6.54 Å². The molecule has 8 heteroatoms. The summed E-state index contributed by atoms with van der Waals surface area (Å²) in [4.78, 5) is 23.2. The lowest BCUT2D eigenvalue weighted by Crippen LogP contribution is -2.37. The van der Waals surface area contributed by atoms with E-state index in [-0.39, 0.29) is 18.0 Å². The number of aliphatic hydroxyl groups excluding tert-OH is 1. The molecule has 122 valence electrons. The van der Waals surface area contributed by atoms with Gasteiger partial charge in [-0.2, -0.15) is 0 Å². The van der Waals surface area contributed by atoms with Crippen LogP contribution in [0.15, 0.2) is 34.7 Å². The molecule has 0 saturated heterocycles. The number of hydrogen-bond acceptors (Lipinski definition) is 4. The number of nitrogens with one attached hydrogen (secondary N) is 2. The second-order valence-electron chi connectivity index (χ2n) is 4.76. The molecule has 1 aromatic carbocycles. The van der Waals surface area contributed by atoms with Gasteiger partial charge in [-0.15, -0.1) is 0 Å². The highest BCUT2D eigenvalue weighted by Gasteiger charge is 2.18. The number of anilines is 1. The number of halogens is 2. The summed E-state index contributed by atoms with van der Waals surface area (Å²) in [5.74, 6) is -3.46. The van der Waals surface area contributed by atoms with Gasteiger partial charge in [-0.25, -0.2) is 8.78 Å². The Kier molecular flexibility index (Phi) is 5.07. The third-order valence-electron chi connectivity index (χ3n) is 2.93. The first-order valence-electron chi connectivity index (χ1n) is 6.65. The molecular formula is C15H14F2N2O4. The van der Waals surface area contributed by atoms with Gasteiger partial charge in [0.15, 0.2) is 11.6 Å². The van der Waals surface area contributed by atoms with E-state index in [1.807, 2.05) is 0 Å². The van der Waals surface area contributed by atoms with Crippen LogP contribution < -0.4 is 10.6 Å². The molecule has 1 unspecified atom stereocenters. The second-order valence-corrected chi connectivity index (χ2v) is 4.76. The zero-order valence-corrected chi connectivity index (χ0v) is 12.1. The van der Waals surface area contributed by atoms with Crippen molar-refractivity contribution in [3.05, 3.63) is 53.5 Å². The average molecular weight is 324 g/mol. The topological polar surface area (TPSA) is 91.6 Å². The van der Waals surface area contributed by atoms with Crippen molar-refractivity contribution in [3.63, 3.8) is 0 Å². The molecule has 0 aliphatic heterocycles. The van der Waals surface area contributed by atoms with Gasteiger partial charge in [0, 0.05) is 11.8 Å². The quantitative estimate of drug-likeness (QED) is 0.746. The van der Waals surface area contributed by atoms with Crippen molar-refractivity contribution in [2.75, 3.05) is 11.9 Å². The summed E-state index contributed by atoms with van der Waals surface area (Å²) in [6, 6.07) is 5.89. The van der Waals surface area contributed by atoms with E-state index in [9.17, 15) is 23.5 Å². The molecule has 6 nitrogen and oxygen atoms in total. The van der Waals surface area contributed by atoms with E-state index in [0.717, 1.165) is 18.2 Å². The van der Waals surface area contributed by atoms with Crippen LogP contribution in [0.5, 0.6) is 0 Å². The van der Waals surface area contributed by atoms with Gasteiger partial charge in [-0.1, -0.05) is 0 Å². The minimum atomic E-state index is -1.15. The highest BCUT2D eigenvalue weighted by molar-refractivity contribution is 6.39. The smallest absolute Gasteiger partial charge is 0.313 e.